The topological polar surface area (TPSA) is 73.4 Å². The third-order valence-corrected chi connectivity index (χ3v) is 8.39. The van der Waals surface area contributed by atoms with Gasteiger partial charge in [0.15, 0.2) is 0 Å². The Morgan fingerprint density at radius 2 is 1.32 bits per heavy atom. The number of anilines is 1. The summed E-state index contributed by atoms with van der Waals surface area (Å²) in [7, 11) is 0. The van der Waals surface area contributed by atoms with Crippen molar-refractivity contribution in [2.24, 2.45) is 0 Å². The second kappa shape index (κ2) is 11.1. The molecule has 3 amide bonds. The molecule has 6 rings (SSSR count). The van der Waals surface area contributed by atoms with Crippen LogP contribution in [0.5, 0.6) is 0 Å². The number of hydrogen-bond acceptors (Lipinski definition) is 5. The quantitative estimate of drug-likeness (QED) is 0.497. The number of para-hydroxylation sites is 1. The number of ether oxygens (including phenoxy) is 1. The highest BCUT2D eigenvalue weighted by Crippen LogP contribution is 2.39. The fraction of sp³-hybridized carbons (Fsp3) is 0.344. The maximum atomic E-state index is 14.0. The second-order valence-electron chi connectivity index (χ2n) is 10.7. The van der Waals surface area contributed by atoms with E-state index in [1.165, 1.54) is 0 Å². The van der Waals surface area contributed by atoms with Crippen molar-refractivity contribution in [3.63, 3.8) is 0 Å². The number of hydrogen-bond donors (Lipinski definition) is 0. The van der Waals surface area contributed by atoms with Gasteiger partial charge in [-0.2, -0.15) is 0 Å². The molecule has 3 aliphatic heterocycles. The molecular weight excluding hydrogens is 504 g/mol. The van der Waals surface area contributed by atoms with Gasteiger partial charge in [0.05, 0.1) is 19.9 Å². The summed E-state index contributed by atoms with van der Waals surface area (Å²) in [5.74, 6) is -0.101. The van der Waals surface area contributed by atoms with Crippen LogP contribution in [0, 0.1) is 0 Å². The average Bonchev–Trinajstić information content (AvgIpc) is 3.28. The minimum absolute atomic E-state index is 0.0227. The van der Waals surface area contributed by atoms with Crippen LogP contribution in [0.4, 0.5) is 5.69 Å². The Morgan fingerprint density at radius 1 is 0.725 bits per heavy atom. The van der Waals surface area contributed by atoms with Crippen LogP contribution in [0.1, 0.15) is 23.2 Å². The Bertz CT molecular complexity index is 1350. The van der Waals surface area contributed by atoms with Gasteiger partial charge < -0.3 is 24.3 Å². The first kappa shape index (κ1) is 26.1. The first-order valence-electron chi connectivity index (χ1n) is 14.0. The number of likely N-dealkylation sites (tertiary alicyclic amines) is 1. The third kappa shape index (κ3) is 4.95. The van der Waals surface area contributed by atoms with Crippen molar-refractivity contribution in [3.05, 3.63) is 90.5 Å². The molecule has 206 valence electrons. The first-order valence-corrected chi connectivity index (χ1v) is 14.0. The molecule has 0 aromatic heterocycles. The van der Waals surface area contributed by atoms with Gasteiger partial charge in [0.1, 0.15) is 12.1 Å². The molecule has 8 heteroatoms. The summed E-state index contributed by atoms with van der Waals surface area (Å²) in [6.07, 6.45) is 1.02. The summed E-state index contributed by atoms with van der Waals surface area (Å²) >= 11 is 0. The van der Waals surface area contributed by atoms with Gasteiger partial charge in [-0.3, -0.25) is 14.4 Å². The zero-order valence-corrected chi connectivity index (χ0v) is 22.6. The van der Waals surface area contributed by atoms with Crippen LogP contribution in [0.3, 0.4) is 0 Å². The highest BCUT2D eigenvalue weighted by atomic mass is 16.5. The zero-order chi connectivity index (χ0) is 27.5. The number of piperidine rings is 1. The average molecular weight is 539 g/mol. The van der Waals surface area contributed by atoms with Gasteiger partial charge >= 0.3 is 0 Å². The van der Waals surface area contributed by atoms with Crippen molar-refractivity contribution in [3.8, 4) is 11.1 Å². The first-order chi connectivity index (χ1) is 19.5. The van der Waals surface area contributed by atoms with E-state index in [1.807, 2.05) is 77.7 Å². The van der Waals surface area contributed by atoms with Crippen molar-refractivity contribution in [2.75, 3.05) is 57.5 Å². The molecule has 40 heavy (non-hydrogen) atoms. The number of carbonyl (C=O) groups is 3. The maximum absolute atomic E-state index is 14.0. The molecule has 0 aliphatic carbocycles. The SMILES string of the molecule is O=C(CN1CN(c2ccccc2)C2(CCN(C(=O)c3ccc(-c4ccccc4)cc3)CC2)C1=O)N1CCOCC1. The lowest BCUT2D eigenvalue weighted by atomic mass is 9.85. The van der Waals surface area contributed by atoms with E-state index in [0.717, 1.165) is 16.8 Å². The van der Waals surface area contributed by atoms with E-state index in [2.05, 4.69) is 17.0 Å². The number of rotatable bonds is 5. The van der Waals surface area contributed by atoms with E-state index in [4.69, 9.17) is 4.74 Å². The van der Waals surface area contributed by atoms with Crippen LogP contribution >= 0.6 is 0 Å². The molecule has 0 bridgehead atoms. The summed E-state index contributed by atoms with van der Waals surface area (Å²) in [5, 5.41) is 0. The molecule has 8 nitrogen and oxygen atoms in total. The Hall–Kier alpha value is -4.17. The Kier molecular flexibility index (Phi) is 7.26. The van der Waals surface area contributed by atoms with Crippen molar-refractivity contribution < 1.29 is 19.1 Å². The minimum Gasteiger partial charge on any atom is -0.378 e. The van der Waals surface area contributed by atoms with Gasteiger partial charge in [0.25, 0.3) is 11.8 Å². The van der Waals surface area contributed by atoms with Crippen LogP contribution < -0.4 is 4.90 Å². The van der Waals surface area contributed by atoms with Crippen molar-refractivity contribution in [2.45, 2.75) is 18.4 Å². The number of morpholine rings is 1. The predicted octanol–water partition coefficient (Wildman–Crippen LogP) is 3.49. The van der Waals surface area contributed by atoms with Crippen molar-refractivity contribution in [1.82, 2.24) is 14.7 Å². The van der Waals surface area contributed by atoms with E-state index in [1.54, 1.807) is 9.80 Å². The van der Waals surface area contributed by atoms with Crippen LogP contribution in [0.2, 0.25) is 0 Å². The lowest BCUT2D eigenvalue weighted by molar-refractivity contribution is -0.143. The molecule has 3 aliphatic rings. The standard InChI is InChI=1S/C32H34N4O4/c37-29(33-19-21-40-22-20-33)23-35-24-36(28-9-5-2-6-10-28)32(31(35)39)15-17-34(18-16-32)30(38)27-13-11-26(12-14-27)25-7-3-1-4-8-25/h1-14H,15-24H2. The van der Waals surface area contributed by atoms with Gasteiger partial charge in [-0.15, -0.1) is 0 Å². The number of nitrogens with zero attached hydrogens (tertiary/aromatic N) is 4. The van der Waals surface area contributed by atoms with Crippen LogP contribution in [0.25, 0.3) is 11.1 Å². The molecule has 0 unspecified atom stereocenters. The van der Waals surface area contributed by atoms with Crippen LogP contribution in [0.15, 0.2) is 84.9 Å². The molecular formula is C32H34N4O4. The fourth-order valence-electron chi connectivity index (χ4n) is 6.10. The maximum Gasteiger partial charge on any atom is 0.253 e. The Morgan fingerprint density at radius 3 is 1.98 bits per heavy atom. The molecule has 0 saturated carbocycles. The monoisotopic (exact) mass is 538 g/mol. The Balaban J connectivity index is 1.17. The van der Waals surface area contributed by atoms with Crippen molar-refractivity contribution >= 4 is 23.4 Å². The lowest BCUT2D eigenvalue weighted by Gasteiger charge is -2.43. The summed E-state index contributed by atoms with van der Waals surface area (Å²) in [4.78, 5) is 47.9. The summed E-state index contributed by atoms with van der Waals surface area (Å²) in [6, 6.07) is 27.7. The predicted molar refractivity (Wildman–Crippen MR) is 153 cm³/mol. The molecule has 1 spiro atoms. The molecule has 3 fully saturated rings. The molecule has 0 atom stereocenters. The summed E-state index contributed by atoms with van der Waals surface area (Å²) in [5.41, 5.74) is 3.00. The third-order valence-electron chi connectivity index (χ3n) is 8.39. The van der Waals surface area contributed by atoms with E-state index in [9.17, 15) is 14.4 Å². The van der Waals surface area contributed by atoms with Crippen LogP contribution in [-0.4, -0.2) is 90.6 Å². The van der Waals surface area contributed by atoms with Gasteiger partial charge in [-0.1, -0.05) is 60.7 Å². The van der Waals surface area contributed by atoms with E-state index < -0.39 is 5.54 Å². The molecule has 3 aromatic carbocycles. The smallest absolute Gasteiger partial charge is 0.253 e. The fourth-order valence-corrected chi connectivity index (χ4v) is 6.10. The minimum atomic E-state index is -0.777. The van der Waals surface area contributed by atoms with Crippen LogP contribution in [-0.2, 0) is 14.3 Å². The zero-order valence-electron chi connectivity index (χ0n) is 22.6. The van der Waals surface area contributed by atoms with E-state index >= 15 is 0 Å². The summed E-state index contributed by atoms with van der Waals surface area (Å²) < 4.78 is 5.38. The van der Waals surface area contributed by atoms with Crippen molar-refractivity contribution in [1.29, 1.82) is 0 Å². The largest absolute Gasteiger partial charge is 0.378 e. The van der Waals surface area contributed by atoms with Gasteiger partial charge in [0, 0.05) is 37.4 Å². The highest BCUT2D eigenvalue weighted by molar-refractivity contribution is 5.98. The molecule has 3 heterocycles. The number of carbonyl (C=O) groups excluding carboxylic acids is 3. The summed E-state index contributed by atoms with van der Waals surface area (Å²) in [6.45, 7) is 3.51. The molecule has 3 aromatic rings. The number of amides is 3. The van der Waals surface area contributed by atoms with E-state index in [0.29, 0.717) is 64.5 Å². The van der Waals surface area contributed by atoms with Gasteiger partial charge in [-0.05, 0) is 48.2 Å². The normalized spacial score (nSPS) is 18.9. The molecule has 0 radical (unpaired) electrons. The highest BCUT2D eigenvalue weighted by Gasteiger charge is 2.54. The number of benzene rings is 3. The van der Waals surface area contributed by atoms with Gasteiger partial charge in [0.2, 0.25) is 5.91 Å². The van der Waals surface area contributed by atoms with Gasteiger partial charge in [-0.25, -0.2) is 0 Å². The molecule has 0 N–H and O–H groups in total. The second-order valence-corrected chi connectivity index (χ2v) is 10.7. The Labute approximate surface area is 234 Å². The lowest BCUT2D eigenvalue weighted by Crippen LogP contribution is -2.57. The van der Waals surface area contributed by atoms with E-state index in [-0.39, 0.29) is 24.3 Å². The molecule has 3 saturated heterocycles.